The molecule has 0 fully saturated rings. The first-order valence-electron chi connectivity index (χ1n) is 8.87. The quantitative estimate of drug-likeness (QED) is 0.653. The highest BCUT2D eigenvalue weighted by Crippen LogP contribution is 2.16. The second kappa shape index (κ2) is 9.62. The Morgan fingerprint density at radius 2 is 1.48 bits per heavy atom. The van der Waals surface area contributed by atoms with E-state index in [9.17, 15) is 9.59 Å². The van der Waals surface area contributed by atoms with Gasteiger partial charge in [-0.25, -0.2) is 0 Å². The number of benzene rings is 2. The van der Waals surface area contributed by atoms with Gasteiger partial charge in [0.25, 0.3) is 5.91 Å². The molecule has 25 heavy (non-hydrogen) atoms. The summed E-state index contributed by atoms with van der Waals surface area (Å²) in [5.74, 6) is -0.0985. The summed E-state index contributed by atoms with van der Waals surface area (Å²) >= 11 is 0. The summed E-state index contributed by atoms with van der Waals surface area (Å²) < 4.78 is 0. The molecule has 0 aliphatic heterocycles. The Bertz CT molecular complexity index is 708. The van der Waals surface area contributed by atoms with E-state index in [4.69, 9.17) is 0 Å². The van der Waals surface area contributed by atoms with Gasteiger partial charge in [-0.3, -0.25) is 9.59 Å². The van der Waals surface area contributed by atoms with Crippen molar-refractivity contribution in [3.63, 3.8) is 0 Å². The summed E-state index contributed by atoms with van der Waals surface area (Å²) in [5, 5.41) is 5.76. The Morgan fingerprint density at radius 3 is 2.12 bits per heavy atom. The molecule has 0 aliphatic rings. The Balaban J connectivity index is 1.86. The first kappa shape index (κ1) is 18.7. The molecule has 4 nitrogen and oxygen atoms in total. The fourth-order valence-corrected chi connectivity index (χ4v) is 2.60. The molecular weight excluding hydrogens is 312 g/mol. The van der Waals surface area contributed by atoms with Crippen molar-refractivity contribution in [3.8, 4) is 0 Å². The molecule has 2 N–H and O–H groups in total. The lowest BCUT2D eigenvalue weighted by atomic mass is 10.1. The Kier molecular flexibility index (Phi) is 7.20. The number of nitrogens with one attached hydrogen (secondary N) is 2. The van der Waals surface area contributed by atoms with Crippen LogP contribution >= 0.6 is 0 Å². The van der Waals surface area contributed by atoms with E-state index in [1.54, 1.807) is 30.3 Å². The third-order valence-corrected chi connectivity index (χ3v) is 4.07. The van der Waals surface area contributed by atoms with Crippen LogP contribution < -0.4 is 10.6 Å². The van der Waals surface area contributed by atoms with Crippen LogP contribution in [0.4, 0.5) is 11.4 Å². The first-order chi connectivity index (χ1) is 12.1. The fraction of sp³-hybridized carbons (Fsp3) is 0.333. The van der Waals surface area contributed by atoms with Crippen LogP contribution in [0.3, 0.4) is 0 Å². The van der Waals surface area contributed by atoms with E-state index >= 15 is 0 Å². The third-order valence-electron chi connectivity index (χ3n) is 4.07. The van der Waals surface area contributed by atoms with Gasteiger partial charge < -0.3 is 10.6 Å². The molecule has 0 aromatic heterocycles. The number of amides is 2. The molecule has 0 aliphatic carbocycles. The minimum Gasteiger partial charge on any atom is -0.326 e. The summed E-state index contributed by atoms with van der Waals surface area (Å²) in [6.45, 7) is 4.06. The molecule has 0 heterocycles. The number of unbranched alkanes of at least 4 members (excludes halogenated alkanes) is 3. The van der Waals surface area contributed by atoms with E-state index in [2.05, 4.69) is 17.6 Å². The summed E-state index contributed by atoms with van der Waals surface area (Å²) in [7, 11) is 0. The van der Waals surface area contributed by atoms with Gasteiger partial charge in [0.05, 0.1) is 0 Å². The van der Waals surface area contributed by atoms with E-state index in [-0.39, 0.29) is 11.8 Å². The number of rotatable bonds is 8. The monoisotopic (exact) mass is 338 g/mol. The second-order valence-corrected chi connectivity index (χ2v) is 6.21. The molecule has 0 saturated heterocycles. The van der Waals surface area contributed by atoms with E-state index in [0.717, 1.165) is 30.5 Å². The average molecular weight is 338 g/mol. The van der Waals surface area contributed by atoms with Crippen molar-refractivity contribution in [2.45, 2.75) is 46.0 Å². The zero-order chi connectivity index (χ0) is 18.1. The fourth-order valence-electron chi connectivity index (χ4n) is 2.60. The molecule has 2 aromatic rings. The minimum absolute atomic E-state index is 0.0350. The molecule has 0 bridgehead atoms. The molecule has 2 aromatic carbocycles. The van der Waals surface area contributed by atoms with E-state index in [0.29, 0.717) is 17.7 Å². The van der Waals surface area contributed by atoms with Crippen molar-refractivity contribution < 1.29 is 9.59 Å². The number of hydrogen-bond acceptors (Lipinski definition) is 2. The van der Waals surface area contributed by atoms with E-state index in [1.165, 1.54) is 6.42 Å². The Morgan fingerprint density at radius 1 is 0.840 bits per heavy atom. The van der Waals surface area contributed by atoms with Gasteiger partial charge >= 0.3 is 0 Å². The van der Waals surface area contributed by atoms with E-state index < -0.39 is 0 Å². The molecule has 2 amide bonds. The van der Waals surface area contributed by atoms with Crippen LogP contribution in [-0.2, 0) is 4.79 Å². The van der Waals surface area contributed by atoms with Crippen LogP contribution in [0.5, 0.6) is 0 Å². The minimum atomic E-state index is -0.134. The maximum absolute atomic E-state index is 12.3. The lowest BCUT2D eigenvalue weighted by Gasteiger charge is -2.09. The van der Waals surface area contributed by atoms with Crippen LogP contribution in [0.1, 0.15) is 54.9 Å². The molecule has 0 spiro atoms. The highest BCUT2D eigenvalue weighted by Gasteiger charge is 2.08. The third kappa shape index (κ3) is 6.07. The van der Waals surface area contributed by atoms with Gasteiger partial charge in [-0.1, -0.05) is 44.4 Å². The summed E-state index contributed by atoms with van der Waals surface area (Å²) in [5.41, 5.74) is 3.04. The van der Waals surface area contributed by atoms with Crippen LogP contribution in [0.15, 0.2) is 48.5 Å². The van der Waals surface area contributed by atoms with Crippen molar-refractivity contribution in [3.05, 3.63) is 59.7 Å². The predicted molar refractivity (Wildman–Crippen MR) is 103 cm³/mol. The molecular formula is C21H26N2O2. The van der Waals surface area contributed by atoms with Crippen molar-refractivity contribution >= 4 is 23.2 Å². The highest BCUT2D eigenvalue weighted by molar-refractivity contribution is 6.05. The van der Waals surface area contributed by atoms with Crippen LogP contribution in [0.2, 0.25) is 0 Å². The summed E-state index contributed by atoms with van der Waals surface area (Å²) in [4.78, 5) is 24.2. The van der Waals surface area contributed by atoms with Gasteiger partial charge in [0.15, 0.2) is 0 Å². The topological polar surface area (TPSA) is 58.2 Å². The van der Waals surface area contributed by atoms with Crippen molar-refractivity contribution in [2.24, 2.45) is 0 Å². The molecule has 0 unspecified atom stereocenters. The second-order valence-electron chi connectivity index (χ2n) is 6.21. The van der Waals surface area contributed by atoms with Crippen molar-refractivity contribution in [1.29, 1.82) is 0 Å². The SMILES string of the molecule is CCCCCCC(=O)Nc1ccc(NC(=O)c2ccccc2C)cc1. The van der Waals surface area contributed by atoms with Crippen LogP contribution in [-0.4, -0.2) is 11.8 Å². The normalized spacial score (nSPS) is 10.3. The van der Waals surface area contributed by atoms with Crippen molar-refractivity contribution in [1.82, 2.24) is 0 Å². The number of carbonyl (C=O) groups is 2. The van der Waals surface area contributed by atoms with Crippen LogP contribution in [0.25, 0.3) is 0 Å². The van der Waals surface area contributed by atoms with Crippen LogP contribution in [0, 0.1) is 6.92 Å². The highest BCUT2D eigenvalue weighted by atomic mass is 16.2. The zero-order valence-corrected chi connectivity index (χ0v) is 15.0. The smallest absolute Gasteiger partial charge is 0.255 e. The van der Waals surface area contributed by atoms with E-state index in [1.807, 2.05) is 25.1 Å². The lowest BCUT2D eigenvalue weighted by molar-refractivity contribution is -0.116. The number of aryl methyl sites for hydroxylation is 1. The molecule has 2 rings (SSSR count). The molecule has 0 atom stereocenters. The number of carbonyl (C=O) groups excluding carboxylic acids is 2. The number of anilines is 2. The largest absolute Gasteiger partial charge is 0.326 e. The Labute approximate surface area is 149 Å². The standard InChI is InChI=1S/C21H26N2O2/c1-3-4-5-6-11-20(24)22-17-12-14-18(15-13-17)23-21(25)19-10-8-7-9-16(19)2/h7-10,12-15H,3-6,11H2,1-2H3,(H,22,24)(H,23,25). The molecule has 132 valence electrons. The lowest BCUT2D eigenvalue weighted by Crippen LogP contribution is -2.14. The number of hydrogen-bond donors (Lipinski definition) is 2. The average Bonchev–Trinajstić information content (AvgIpc) is 2.61. The van der Waals surface area contributed by atoms with Gasteiger partial charge in [-0.15, -0.1) is 0 Å². The maximum atomic E-state index is 12.3. The first-order valence-corrected chi connectivity index (χ1v) is 8.87. The molecule has 0 saturated carbocycles. The predicted octanol–water partition coefficient (Wildman–Crippen LogP) is 5.16. The Hall–Kier alpha value is -2.62. The summed E-state index contributed by atoms with van der Waals surface area (Å²) in [6.07, 6.45) is 4.89. The van der Waals surface area contributed by atoms with Gasteiger partial charge in [0, 0.05) is 23.4 Å². The molecule has 0 radical (unpaired) electrons. The molecule has 4 heteroatoms. The zero-order valence-electron chi connectivity index (χ0n) is 15.0. The van der Waals surface area contributed by atoms with Gasteiger partial charge in [0.2, 0.25) is 5.91 Å². The van der Waals surface area contributed by atoms with Gasteiger partial charge in [-0.2, -0.15) is 0 Å². The maximum Gasteiger partial charge on any atom is 0.255 e. The van der Waals surface area contributed by atoms with Gasteiger partial charge in [-0.05, 0) is 49.2 Å². The summed E-state index contributed by atoms with van der Waals surface area (Å²) in [6, 6.07) is 14.7. The van der Waals surface area contributed by atoms with Crippen molar-refractivity contribution in [2.75, 3.05) is 10.6 Å². The van der Waals surface area contributed by atoms with Gasteiger partial charge in [0.1, 0.15) is 0 Å².